The maximum Gasteiger partial charge on any atom is -1.00 e. The van der Waals surface area contributed by atoms with Crippen LogP contribution in [0.1, 0.15) is 44.4 Å². The summed E-state index contributed by atoms with van der Waals surface area (Å²) in [7, 11) is -30.3. The summed E-state index contributed by atoms with van der Waals surface area (Å²) in [5.74, 6) is 0. The average Bonchev–Trinajstić information content (AvgIpc) is 3.31. The summed E-state index contributed by atoms with van der Waals surface area (Å²) in [6.45, 7) is 121. The Morgan fingerprint density at radius 2 is 0.349 bits per heavy atom. The molecule has 1 aliphatic rings. The molecule has 4 rings (SSSR count). The van der Waals surface area contributed by atoms with Gasteiger partial charge in [0, 0.05) is 0 Å². The zero-order chi connectivity index (χ0) is 63.7. The van der Waals surface area contributed by atoms with Crippen LogP contribution in [0.3, 0.4) is 0 Å². The Kier molecular flexibility index (Phi) is 24.7. The Balaban J connectivity index is 0.0000115. The third-order valence-corrected chi connectivity index (χ3v) is 54.3. The zero-order valence-corrected chi connectivity index (χ0v) is 79.5. The molecule has 0 spiro atoms. The van der Waals surface area contributed by atoms with Gasteiger partial charge in [0.15, 0.2) is 0 Å². The van der Waals surface area contributed by atoms with Crippen LogP contribution < -0.4 is 115 Å². The van der Waals surface area contributed by atoms with Crippen molar-refractivity contribution in [3.63, 3.8) is 0 Å². The number of halogens is 3. The fourth-order valence-corrected chi connectivity index (χ4v) is 73.7. The van der Waals surface area contributed by atoms with Crippen molar-refractivity contribution in [2.24, 2.45) is 0 Å². The van der Waals surface area contributed by atoms with E-state index >= 15 is 0 Å². The van der Waals surface area contributed by atoms with E-state index in [9.17, 15) is 0 Å². The van der Waals surface area contributed by atoms with E-state index in [1.54, 1.807) is 37.3 Å². The smallest absolute Gasteiger partial charge is 1.00 e. The van der Waals surface area contributed by atoms with Gasteiger partial charge < -0.3 is 37.2 Å². The van der Waals surface area contributed by atoms with E-state index in [0.29, 0.717) is 0 Å². The molecule has 0 bridgehead atoms. The SMILES string of the molecule is CC1=C(C)C(C)([Si](c2c([Si](C)(C)C)c([Si](C)(C)C)c(C)c([Si](C)(C)C)c2[Si](C)(C)C)(c2c([Si](C)(C)C)c([Si](C)(C)C)c(C)c([Si](C)(C)C)c2[Si](C)(C)C)c2c([Si](C)(C)C)c([Si](C)(C)C)c(C)c([Si](C)(C)C)c2[Si](C)(C)C)[C]([Ti+3])=C1C.[Cl-].[Cl-].[Cl-]. The van der Waals surface area contributed by atoms with Gasteiger partial charge in [-0.15, -0.1) is 0 Å². The third kappa shape index (κ3) is 14.4. The summed E-state index contributed by atoms with van der Waals surface area (Å²) in [6, 6.07) is 0. The Morgan fingerprint density at radius 1 is 0.217 bits per heavy atom. The van der Waals surface area contributed by atoms with Crippen LogP contribution in [0, 0.1) is 20.8 Å². The number of benzene rings is 3. The number of rotatable bonds is 16. The third-order valence-electron chi connectivity index (χ3n) is 18.9. The van der Waals surface area contributed by atoms with Gasteiger partial charge in [0.1, 0.15) is 0 Å². The van der Waals surface area contributed by atoms with Crippen molar-refractivity contribution in [3.8, 4) is 0 Å². The number of hydrogen-bond donors (Lipinski definition) is 0. The molecular formula is C66H129Cl3Si13Ti. The van der Waals surface area contributed by atoms with Gasteiger partial charge in [0.2, 0.25) is 0 Å². The molecule has 1 unspecified atom stereocenters. The summed E-state index contributed by atoms with van der Waals surface area (Å²) in [5.41, 5.74) is 10.2. The van der Waals surface area contributed by atoms with Crippen LogP contribution in [0.4, 0.5) is 0 Å². The molecule has 0 fully saturated rings. The van der Waals surface area contributed by atoms with E-state index in [-0.39, 0.29) is 42.3 Å². The molecule has 0 saturated carbocycles. The molecule has 0 saturated heterocycles. The maximum absolute atomic E-state index is 3.75. The van der Waals surface area contributed by atoms with Crippen molar-refractivity contribution >= 4 is 183 Å². The minimum absolute atomic E-state index is 0. The molecule has 0 heterocycles. The Hall–Kier alpha value is 1.54. The molecule has 0 nitrogen and oxygen atoms in total. The topological polar surface area (TPSA) is 0 Å². The monoisotopic (exact) mass is 1440 g/mol. The van der Waals surface area contributed by atoms with Crippen molar-refractivity contribution in [3.05, 3.63) is 37.3 Å². The second-order valence-electron chi connectivity index (χ2n) is 38.6. The Labute approximate surface area is 561 Å². The first-order valence-corrected chi connectivity index (χ1v) is 76.3. The van der Waals surface area contributed by atoms with Crippen LogP contribution in [0.2, 0.25) is 241 Å². The predicted molar refractivity (Wildman–Crippen MR) is 413 cm³/mol. The van der Waals surface area contributed by atoms with Gasteiger partial charge in [-0.2, -0.15) is 0 Å². The van der Waals surface area contributed by atoms with Crippen molar-refractivity contribution in [2.75, 3.05) is 0 Å². The Morgan fingerprint density at radius 3 is 0.446 bits per heavy atom. The number of hydrogen-bond acceptors (Lipinski definition) is 0. The van der Waals surface area contributed by atoms with Gasteiger partial charge in [0.05, 0.1) is 0 Å². The van der Waals surface area contributed by atoms with Gasteiger partial charge in [-0.1, -0.05) is 0 Å². The van der Waals surface area contributed by atoms with E-state index in [1.165, 1.54) is 0 Å². The predicted octanol–water partition coefficient (Wildman–Crippen LogP) is 3.57. The molecule has 83 heavy (non-hydrogen) atoms. The molecule has 0 N–H and O–H groups in total. The molecule has 17 heteroatoms. The van der Waals surface area contributed by atoms with Gasteiger partial charge in [0.25, 0.3) is 0 Å². The first-order valence-electron chi connectivity index (χ1n) is 31.5. The summed E-state index contributed by atoms with van der Waals surface area (Å²) < 4.78 is 1.73. The van der Waals surface area contributed by atoms with Crippen molar-refractivity contribution in [1.29, 1.82) is 0 Å². The van der Waals surface area contributed by atoms with E-state index < -0.39 is 105 Å². The van der Waals surface area contributed by atoms with Crippen molar-refractivity contribution < 1.29 is 57.7 Å². The molecule has 0 aromatic heterocycles. The Bertz CT molecular complexity index is 2600. The molecule has 3 aromatic carbocycles. The van der Waals surface area contributed by atoms with Gasteiger partial charge in [-0.25, -0.2) is 0 Å². The van der Waals surface area contributed by atoms with E-state index in [0.717, 1.165) is 0 Å². The normalized spacial score (nSPS) is 17.1. The fourth-order valence-electron chi connectivity index (χ4n) is 16.9. The molecule has 0 aliphatic heterocycles. The second kappa shape index (κ2) is 24.8. The minimum atomic E-state index is -3.75. The standard InChI is InChI=1S/C66H129Si13.3ClH.Ti/c1-45-44-66(7,50(6)46(45)2)79(63-57(73(26,27)28)51(67(8,9)10)47(3)52(68(11,12)13)58(63)74(29,30)31,64-59(75(32,33)34)53(69(14,15)16)48(4)54(70(17,18)19)60(64)76(35,36)37)65-61(77(38,39)40)55(71(20,21)22)49(5)56(72(23,24)25)62(65)78(41,42)43;;;;/h1-43H3;3*1H;/q;;;;+3/p-3. The van der Waals surface area contributed by atoms with Crippen LogP contribution in [-0.2, 0) is 20.4 Å². The molecule has 470 valence electrons. The second-order valence-corrected chi connectivity index (χ2v) is 103. The van der Waals surface area contributed by atoms with Crippen molar-refractivity contribution in [1.82, 2.24) is 0 Å². The van der Waals surface area contributed by atoms with Crippen LogP contribution >= 0.6 is 0 Å². The molecule has 1 atom stereocenters. The van der Waals surface area contributed by atoms with E-state index in [4.69, 9.17) is 0 Å². The molecule has 0 radical (unpaired) electrons. The van der Waals surface area contributed by atoms with Gasteiger partial charge >= 0.3 is 530 Å². The number of allylic oxidation sites excluding steroid dienone is 4. The van der Waals surface area contributed by atoms with E-state index in [2.05, 4.69) is 320 Å². The van der Waals surface area contributed by atoms with Gasteiger partial charge in [-0.3, -0.25) is 0 Å². The minimum Gasteiger partial charge on any atom is -1.00 e. The van der Waals surface area contributed by atoms with Crippen LogP contribution in [-0.4, -0.2) is 105 Å². The molecule has 3 aromatic rings. The average molecular weight is 1440 g/mol. The van der Waals surface area contributed by atoms with Crippen LogP contribution in [0.5, 0.6) is 0 Å². The quantitative estimate of drug-likeness (QED) is 0.152. The molecule has 0 amide bonds. The summed E-state index contributed by atoms with van der Waals surface area (Å²) in [4.78, 5) is 0. The summed E-state index contributed by atoms with van der Waals surface area (Å²) >= 11 is 2.76. The fraction of sp³-hybridized carbons (Fsp3) is 0.667. The zero-order valence-electron chi connectivity index (χ0n) is 62.6. The summed E-state index contributed by atoms with van der Waals surface area (Å²) in [5, 5.41) is 29.2. The maximum atomic E-state index is 3.04. The first-order chi connectivity index (χ1) is 34.7. The molecular weight excluding hydrogens is 1310 g/mol. The van der Waals surface area contributed by atoms with Crippen molar-refractivity contribution in [2.45, 2.75) is 289 Å². The first kappa shape index (κ1) is 82.6. The van der Waals surface area contributed by atoms with Crippen LogP contribution in [0.25, 0.3) is 0 Å². The van der Waals surface area contributed by atoms with Crippen LogP contribution in [0.15, 0.2) is 20.6 Å². The summed E-state index contributed by atoms with van der Waals surface area (Å²) in [6.07, 6.45) is 0. The van der Waals surface area contributed by atoms with E-state index in [1.807, 2.05) is 62.2 Å². The van der Waals surface area contributed by atoms with Gasteiger partial charge in [-0.05, 0) is 0 Å². The molecule has 1 aliphatic carbocycles. The largest absolute Gasteiger partial charge is 1.00 e.